The molecule has 0 N–H and O–H groups in total. The first kappa shape index (κ1) is 18.4. The Morgan fingerprint density at radius 1 is 1.19 bits per heavy atom. The molecule has 2 aromatic rings. The molecule has 2 aliphatic heterocycles. The van der Waals surface area contributed by atoms with E-state index in [1.807, 2.05) is 25.1 Å². The molecular formula is C19H18F2N2O2S2. The Kier molecular flexibility index (Phi) is 4.71. The molecule has 0 bridgehead atoms. The van der Waals surface area contributed by atoms with E-state index in [1.54, 1.807) is 4.90 Å². The van der Waals surface area contributed by atoms with Gasteiger partial charge in [-0.3, -0.25) is 4.99 Å². The third kappa shape index (κ3) is 3.73. The van der Waals surface area contributed by atoms with Crippen molar-refractivity contribution in [1.29, 1.82) is 0 Å². The number of amidine groups is 1. The van der Waals surface area contributed by atoms with Crippen LogP contribution in [0.1, 0.15) is 11.1 Å². The van der Waals surface area contributed by atoms with Crippen molar-refractivity contribution in [3.8, 4) is 0 Å². The molecule has 0 spiro atoms. The summed E-state index contributed by atoms with van der Waals surface area (Å²) in [6, 6.07) is 10.5. The van der Waals surface area contributed by atoms with E-state index in [2.05, 4.69) is 11.1 Å². The number of benzene rings is 2. The van der Waals surface area contributed by atoms with Gasteiger partial charge in [0.2, 0.25) is 0 Å². The summed E-state index contributed by atoms with van der Waals surface area (Å²) in [7, 11) is -3.22. The number of sulfone groups is 1. The van der Waals surface area contributed by atoms with Crippen molar-refractivity contribution in [1.82, 2.24) is 0 Å². The van der Waals surface area contributed by atoms with Gasteiger partial charge in [-0.05, 0) is 24.6 Å². The van der Waals surface area contributed by atoms with E-state index in [-0.39, 0.29) is 17.2 Å². The molecule has 0 amide bonds. The van der Waals surface area contributed by atoms with E-state index in [0.29, 0.717) is 10.9 Å². The number of aryl methyl sites for hydroxylation is 1. The van der Waals surface area contributed by atoms with Gasteiger partial charge < -0.3 is 4.90 Å². The molecule has 1 saturated heterocycles. The molecule has 0 saturated carbocycles. The number of halogens is 2. The molecule has 1 fully saturated rings. The molecule has 0 aliphatic carbocycles. The Hall–Kier alpha value is -1.93. The monoisotopic (exact) mass is 408 g/mol. The molecule has 0 radical (unpaired) electrons. The van der Waals surface area contributed by atoms with Crippen molar-refractivity contribution in [2.24, 2.45) is 4.99 Å². The quantitative estimate of drug-likeness (QED) is 0.779. The van der Waals surface area contributed by atoms with Crippen molar-refractivity contribution >= 4 is 32.5 Å². The molecule has 2 atom stereocenters. The number of rotatable bonds is 3. The number of anilines is 1. The maximum absolute atomic E-state index is 14.4. The minimum absolute atomic E-state index is 0.0362. The van der Waals surface area contributed by atoms with E-state index >= 15 is 0 Å². The first-order chi connectivity index (χ1) is 12.8. The first-order valence-corrected chi connectivity index (χ1v) is 11.3. The molecule has 0 aromatic heterocycles. The van der Waals surface area contributed by atoms with Crippen LogP contribution in [0, 0.1) is 18.6 Å². The zero-order valence-corrected chi connectivity index (χ0v) is 16.2. The Bertz CT molecular complexity index is 1020. The topological polar surface area (TPSA) is 49.7 Å². The fourth-order valence-corrected chi connectivity index (χ4v) is 6.44. The van der Waals surface area contributed by atoms with Gasteiger partial charge in [0.1, 0.15) is 11.6 Å². The third-order valence-electron chi connectivity index (χ3n) is 4.73. The number of nitrogens with zero attached hydrogens (tertiary/aromatic N) is 2. The molecule has 2 aromatic carbocycles. The van der Waals surface area contributed by atoms with Gasteiger partial charge in [-0.1, -0.05) is 41.6 Å². The number of hydrogen-bond donors (Lipinski definition) is 0. The van der Waals surface area contributed by atoms with Crippen molar-refractivity contribution in [3.63, 3.8) is 0 Å². The van der Waals surface area contributed by atoms with Crippen LogP contribution in [-0.2, 0) is 15.6 Å². The van der Waals surface area contributed by atoms with Gasteiger partial charge in [0, 0.05) is 11.8 Å². The van der Waals surface area contributed by atoms with Crippen molar-refractivity contribution < 1.29 is 17.2 Å². The molecule has 0 unspecified atom stereocenters. The number of aliphatic imine (C=N–C) groups is 1. The third-order valence-corrected chi connectivity index (χ3v) is 7.46. The van der Waals surface area contributed by atoms with Crippen LogP contribution in [0.2, 0.25) is 0 Å². The zero-order valence-electron chi connectivity index (χ0n) is 14.6. The van der Waals surface area contributed by atoms with Crippen LogP contribution in [-0.4, -0.2) is 37.2 Å². The van der Waals surface area contributed by atoms with Gasteiger partial charge in [-0.15, -0.1) is 0 Å². The fourth-order valence-electron chi connectivity index (χ4n) is 3.54. The minimum atomic E-state index is -3.22. The maximum Gasteiger partial charge on any atom is 0.164 e. The van der Waals surface area contributed by atoms with Gasteiger partial charge in [-0.2, -0.15) is 0 Å². The Morgan fingerprint density at radius 3 is 2.74 bits per heavy atom. The fraction of sp³-hybridized carbons (Fsp3) is 0.316. The summed E-state index contributed by atoms with van der Waals surface area (Å²) >= 11 is 1.44. The van der Waals surface area contributed by atoms with Crippen LogP contribution in [0.4, 0.5) is 14.5 Å². The lowest BCUT2D eigenvalue weighted by atomic mass is 10.1. The average Bonchev–Trinajstić information content (AvgIpc) is 3.05. The van der Waals surface area contributed by atoms with Crippen LogP contribution in [0.15, 0.2) is 47.5 Å². The van der Waals surface area contributed by atoms with Gasteiger partial charge in [0.25, 0.3) is 0 Å². The standard InChI is InChI=1S/C19H18F2N2O2S2/c1-12-3-2-4-13(7-12)9-26-19-22-16-10-27(24,25)11-18(16)23(19)17-6-5-14(20)8-15(17)21/h2-8,16,18H,9-11H2,1H3/t16-,18-/m0/s1. The van der Waals surface area contributed by atoms with Gasteiger partial charge in [0.05, 0.1) is 29.3 Å². The smallest absolute Gasteiger partial charge is 0.164 e. The Morgan fingerprint density at radius 2 is 2.00 bits per heavy atom. The highest BCUT2D eigenvalue weighted by Gasteiger charge is 2.47. The second kappa shape index (κ2) is 6.91. The van der Waals surface area contributed by atoms with E-state index in [9.17, 15) is 17.2 Å². The van der Waals surface area contributed by atoms with Crippen molar-refractivity contribution in [2.45, 2.75) is 24.8 Å². The summed E-state index contributed by atoms with van der Waals surface area (Å²) in [5.74, 6) is -0.870. The molecule has 2 heterocycles. The summed E-state index contributed by atoms with van der Waals surface area (Å²) in [5.41, 5.74) is 2.41. The van der Waals surface area contributed by atoms with E-state index < -0.39 is 33.6 Å². The highest BCUT2D eigenvalue weighted by Crippen LogP contribution is 2.37. The van der Waals surface area contributed by atoms with Gasteiger partial charge >= 0.3 is 0 Å². The van der Waals surface area contributed by atoms with Gasteiger partial charge in [-0.25, -0.2) is 17.2 Å². The normalized spacial score (nSPS) is 23.4. The van der Waals surface area contributed by atoms with Crippen LogP contribution >= 0.6 is 11.8 Å². The lowest BCUT2D eigenvalue weighted by Gasteiger charge is -2.26. The predicted octanol–water partition coefficient (Wildman–Crippen LogP) is 3.55. The lowest BCUT2D eigenvalue weighted by Crippen LogP contribution is -2.39. The molecule has 142 valence electrons. The molecule has 8 heteroatoms. The van der Waals surface area contributed by atoms with E-state index in [4.69, 9.17) is 0 Å². The minimum Gasteiger partial charge on any atom is -0.312 e. The second-order valence-electron chi connectivity index (χ2n) is 6.87. The molecular weight excluding hydrogens is 390 g/mol. The summed E-state index contributed by atoms with van der Waals surface area (Å²) in [4.78, 5) is 6.20. The molecule has 2 aliphatic rings. The molecule has 27 heavy (non-hydrogen) atoms. The summed E-state index contributed by atoms with van der Waals surface area (Å²) in [6.45, 7) is 2.01. The molecule has 4 rings (SSSR count). The van der Waals surface area contributed by atoms with Crippen LogP contribution < -0.4 is 4.90 Å². The summed E-state index contributed by atoms with van der Waals surface area (Å²) in [5, 5.41) is 0.576. The second-order valence-corrected chi connectivity index (χ2v) is 9.96. The van der Waals surface area contributed by atoms with E-state index in [1.165, 1.54) is 23.9 Å². The summed E-state index contributed by atoms with van der Waals surface area (Å²) < 4.78 is 51.8. The van der Waals surface area contributed by atoms with Crippen molar-refractivity contribution in [3.05, 3.63) is 65.2 Å². The van der Waals surface area contributed by atoms with Crippen LogP contribution in [0.3, 0.4) is 0 Å². The van der Waals surface area contributed by atoms with E-state index in [0.717, 1.165) is 17.2 Å². The first-order valence-electron chi connectivity index (χ1n) is 8.53. The SMILES string of the molecule is Cc1cccc(CSC2=N[C@H]3CS(=O)(=O)C[C@@H]3N2c2ccc(F)cc2F)c1. The largest absolute Gasteiger partial charge is 0.312 e. The number of thioether (sulfide) groups is 1. The number of hydrogen-bond acceptors (Lipinski definition) is 5. The Balaban J connectivity index is 1.65. The lowest BCUT2D eigenvalue weighted by molar-refractivity contribution is 0.577. The number of fused-ring (bicyclic) bond motifs is 1. The van der Waals surface area contributed by atoms with Crippen molar-refractivity contribution in [2.75, 3.05) is 16.4 Å². The average molecular weight is 408 g/mol. The van der Waals surface area contributed by atoms with Crippen LogP contribution in [0.25, 0.3) is 0 Å². The highest BCUT2D eigenvalue weighted by atomic mass is 32.2. The molecule has 4 nitrogen and oxygen atoms in total. The summed E-state index contributed by atoms with van der Waals surface area (Å²) in [6.07, 6.45) is 0. The van der Waals surface area contributed by atoms with Crippen LogP contribution in [0.5, 0.6) is 0 Å². The maximum atomic E-state index is 14.4. The van der Waals surface area contributed by atoms with Gasteiger partial charge in [0.15, 0.2) is 15.0 Å². The Labute approximate surface area is 161 Å². The predicted molar refractivity (Wildman–Crippen MR) is 105 cm³/mol. The zero-order chi connectivity index (χ0) is 19.2. The highest BCUT2D eigenvalue weighted by molar-refractivity contribution is 8.13.